The summed E-state index contributed by atoms with van der Waals surface area (Å²) in [5.41, 5.74) is 5.46. The molecule has 0 radical (unpaired) electrons. The van der Waals surface area contributed by atoms with E-state index in [9.17, 15) is 14.4 Å². The summed E-state index contributed by atoms with van der Waals surface area (Å²) in [5.74, 6) is -1.53. The van der Waals surface area contributed by atoms with Gasteiger partial charge in [0.2, 0.25) is 5.91 Å². The lowest BCUT2D eigenvalue weighted by molar-refractivity contribution is -0.146. The Bertz CT molecular complexity index is 587. The van der Waals surface area contributed by atoms with Gasteiger partial charge in [-0.2, -0.15) is 0 Å². The number of hydrogen-bond acceptors (Lipinski definition) is 6. The maximum atomic E-state index is 11.9. The summed E-state index contributed by atoms with van der Waals surface area (Å²) >= 11 is 0. The second-order valence-electron chi connectivity index (χ2n) is 4.49. The zero-order valence-electron chi connectivity index (χ0n) is 10.8. The summed E-state index contributed by atoms with van der Waals surface area (Å²) in [7, 11) is 1.41. The summed E-state index contributed by atoms with van der Waals surface area (Å²) in [6.07, 6.45) is 1.81. The lowest BCUT2D eigenvalue weighted by atomic mass is 10.0. The highest BCUT2D eigenvalue weighted by Gasteiger charge is 2.31. The third kappa shape index (κ3) is 2.53. The first-order valence-electron chi connectivity index (χ1n) is 5.96. The number of carbonyl (C=O) groups excluding carboxylic acids is 2. The van der Waals surface area contributed by atoms with Crippen molar-refractivity contribution < 1.29 is 19.5 Å². The Labute approximate surface area is 114 Å². The molecule has 8 heteroatoms. The molecule has 2 rings (SSSR count). The van der Waals surface area contributed by atoms with Gasteiger partial charge in [-0.25, -0.2) is 9.78 Å². The van der Waals surface area contributed by atoms with Crippen molar-refractivity contribution in [3.63, 3.8) is 0 Å². The summed E-state index contributed by atoms with van der Waals surface area (Å²) in [4.78, 5) is 39.2. The number of hydrogen-bond donors (Lipinski definition) is 3. The molecule has 106 valence electrons. The average Bonchev–Trinajstić information content (AvgIpc) is 2.41. The number of aromatic nitrogens is 1. The second-order valence-corrected chi connectivity index (χ2v) is 4.49. The SMILES string of the molecule is CN1C(=O)CCC(Nc2cc(C(=O)O)c(N)cn2)C1=O. The number of pyridine rings is 1. The third-order valence-electron chi connectivity index (χ3n) is 3.14. The van der Waals surface area contributed by atoms with Gasteiger partial charge >= 0.3 is 5.97 Å². The van der Waals surface area contributed by atoms with Gasteiger partial charge in [0.05, 0.1) is 17.4 Å². The number of rotatable bonds is 3. The predicted molar refractivity (Wildman–Crippen MR) is 70.0 cm³/mol. The molecule has 1 aliphatic heterocycles. The van der Waals surface area contributed by atoms with Crippen molar-refractivity contribution in [3.8, 4) is 0 Å². The number of carboxylic acids is 1. The van der Waals surface area contributed by atoms with Crippen LogP contribution in [0.5, 0.6) is 0 Å². The van der Waals surface area contributed by atoms with Gasteiger partial charge in [-0.05, 0) is 12.5 Å². The number of likely N-dealkylation sites (N-methyl/N-ethyl adjacent to an activating group) is 1. The van der Waals surface area contributed by atoms with E-state index in [4.69, 9.17) is 10.8 Å². The molecule has 1 aliphatic rings. The van der Waals surface area contributed by atoms with Crippen LogP contribution >= 0.6 is 0 Å². The number of carboxylic acid groups (broad SMARTS) is 1. The molecule has 4 N–H and O–H groups in total. The molecule has 2 amide bonds. The van der Waals surface area contributed by atoms with Crippen molar-refractivity contribution in [1.29, 1.82) is 0 Å². The van der Waals surface area contributed by atoms with Crippen LogP contribution in [0.2, 0.25) is 0 Å². The van der Waals surface area contributed by atoms with Crippen LogP contribution in [-0.2, 0) is 9.59 Å². The maximum Gasteiger partial charge on any atom is 0.337 e. The number of carbonyl (C=O) groups is 3. The quantitative estimate of drug-likeness (QED) is 0.660. The molecule has 1 aromatic rings. The topological polar surface area (TPSA) is 126 Å². The van der Waals surface area contributed by atoms with E-state index >= 15 is 0 Å². The molecule has 1 aromatic heterocycles. The van der Waals surface area contributed by atoms with E-state index in [1.165, 1.54) is 19.3 Å². The lowest BCUT2D eigenvalue weighted by Gasteiger charge is -2.28. The van der Waals surface area contributed by atoms with Gasteiger partial charge in [-0.15, -0.1) is 0 Å². The van der Waals surface area contributed by atoms with Gasteiger partial charge < -0.3 is 16.2 Å². The van der Waals surface area contributed by atoms with E-state index in [-0.39, 0.29) is 35.3 Å². The smallest absolute Gasteiger partial charge is 0.337 e. The van der Waals surface area contributed by atoms with Crippen molar-refractivity contribution in [2.24, 2.45) is 0 Å². The number of aromatic carboxylic acids is 1. The minimum absolute atomic E-state index is 0.0466. The number of nitrogen functional groups attached to an aromatic ring is 1. The number of imide groups is 1. The zero-order valence-corrected chi connectivity index (χ0v) is 10.8. The van der Waals surface area contributed by atoms with E-state index in [1.807, 2.05) is 0 Å². The van der Waals surface area contributed by atoms with Gasteiger partial charge in [0.1, 0.15) is 11.9 Å². The number of nitrogens with one attached hydrogen (secondary N) is 1. The summed E-state index contributed by atoms with van der Waals surface area (Å²) in [5, 5.41) is 11.8. The standard InChI is InChI=1S/C12H14N4O4/c1-16-10(17)3-2-8(11(16)18)15-9-4-6(12(19)20)7(13)5-14-9/h4-5,8H,2-3,13H2,1H3,(H,14,15)(H,19,20). The van der Waals surface area contributed by atoms with Crippen molar-refractivity contribution in [3.05, 3.63) is 17.8 Å². The van der Waals surface area contributed by atoms with Crippen LogP contribution in [0.3, 0.4) is 0 Å². The number of nitrogens with two attached hydrogens (primary N) is 1. The van der Waals surface area contributed by atoms with Gasteiger partial charge in [-0.3, -0.25) is 14.5 Å². The Hall–Kier alpha value is -2.64. The molecule has 1 fully saturated rings. The van der Waals surface area contributed by atoms with Gasteiger partial charge in [-0.1, -0.05) is 0 Å². The molecule has 0 aromatic carbocycles. The number of nitrogens with zero attached hydrogens (tertiary/aromatic N) is 2. The van der Waals surface area contributed by atoms with Crippen molar-refractivity contribution in [2.75, 3.05) is 18.1 Å². The Morgan fingerprint density at radius 1 is 1.55 bits per heavy atom. The predicted octanol–water partition coefficient (Wildman–Crippen LogP) is -0.0787. The van der Waals surface area contributed by atoms with Gasteiger partial charge in [0.25, 0.3) is 5.91 Å². The molecule has 0 bridgehead atoms. The Morgan fingerprint density at radius 2 is 2.25 bits per heavy atom. The molecular formula is C12H14N4O4. The first kappa shape index (κ1) is 13.8. The van der Waals surface area contributed by atoms with Gasteiger partial charge in [0, 0.05) is 13.5 Å². The van der Waals surface area contributed by atoms with E-state index in [0.717, 1.165) is 4.90 Å². The van der Waals surface area contributed by atoms with E-state index in [1.54, 1.807) is 0 Å². The zero-order chi connectivity index (χ0) is 14.9. The van der Waals surface area contributed by atoms with E-state index < -0.39 is 12.0 Å². The molecular weight excluding hydrogens is 264 g/mol. The minimum Gasteiger partial charge on any atom is -0.478 e. The highest BCUT2D eigenvalue weighted by Crippen LogP contribution is 2.19. The lowest BCUT2D eigenvalue weighted by Crippen LogP contribution is -2.48. The molecule has 20 heavy (non-hydrogen) atoms. The number of likely N-dealkylation sites (tertiary alicyclic amines) is 1. The molecule has 0 aliphatic carbocycles. The van der Waals surface area contributed by atoms with Crippen LogP contribution in [-0.4, -0.2) is 45.9 Å². The summed E-state index contributed by atoms with van der Waals surface area (Å²) < 4.78 is 0. The average molecular weight is 278 g/mol. The fourth-order valence-corrected chi connectivity index (χ4v) is 1.96. The molecule has 2 heterocycles. The molecule has 1 saturated heterocycles. The highest BCUT2D eigenvalue weighted by atomic mass is 16.4. The number of amides is 2. The minimum atomic E-state index is -1.17. The van der Waals surface area contributed by atoms with Crippen molar-refractivity contribution in [1.82, 2.24) is 9.88 Å². The van der Waals surface area contributed by atoms with Crippen LogP contribution in [0.4, 0.5) is 11.5 Å². The fraction of sp³-hybridized carbons (Fsp3) is 0.333. The molecule has 0 spiro atoms. The van der Waals surface area contributed by atoms with Crippen LogP contribution in [0.25, 0.3) is 0 Å². The monoisotopic (exact) mass is 278 g/mol. The fourth-order valence-electron chi connectivity index (χ4n) is 1.96. The first-order chi connectivity index (χ1) is 9.40. The van der Waals surface area contributed by atoms with Gasteiger partial charge in [0.15, 0.2) is 0 Å². The van der Waals surface area contributed by atoms with Crippen LogP contribution in [0, 0.1) is 0 Å². The summed E-state index contributed by atoms with van der Waals surface area (Å²) in [6, 6.07) is 0.664. The molecule has 8 nitrogen and oxygen atoms in total. The normalized spacial score (nSPS) is 19.1. The highest BCUT2D eigenvalue weighted by molar-refractivity contribution is 6.01. The van der Waals surface area contributed by atoms with Crippen LogP contribution in [0.15, 0.2) is 12.3 Å². The Morgan fingerprint density at radius 3 is 2.90 bits per heavy atom. The summed E-state index contributed by atoms with van der Waals surface area (Å²) in [6.45, 7) is 0. The van der Waals surface area contributed by atoms with E-state index in [0.29, 0.717) is 6.42 Å². The van der Waals surface area contributed by atoms with Crippen LogP contribution < -0.4 is 11.1 Å². The first-order valence-corrected chi connectivity index (χ1v) is 5.96. The largest absolute Gasteiger partial charge is 0.478 e. The van der Waals surface area contributed by atoms with Crippen LogP contribution in [0.1, 0.15) is 23.2 Å². The molecule has 0 saturated carbocycles. The van der Waals surface area contributed by atoms with Crippen molar-refractivity contribution >= 4 is 29.3 Å². The second kappa shape index (κ2) is 5.16. The number of anilines is 2. The molecule has 1 atom stereocenters. The Balaban J connectivity index is 2.18. The Kier molecular flexibility index (Phi) is 3.55. The maximum absolute atomic E-state index is 11.9. The van der Waals surface area contributed by atoms with E-state index in [2.05, 4.69) is 10.3 Å². The third-order valence-corrected chi connectivity index (χ3v) is 3.14. The molecule has 1 unspecified atom stereocenters. The number of piperidine rings is 1. The van der Waals surface area contributed by atoms with Crippen molar-refractivity contribution in [2.45, 2.75) is 18.9 Å².